The molecule has 3 aromatic carbocycles. The van der Waals surface area contributed by atoms with E-state index < -0.39 is 17.4 Å². The number of rotatable bonds is 22. The van der Waals surface area contributed by atoms with Gasteiger partial charge in [-0.1, -0.05) is 89.2 Å². The molecular weight excluding hydrogens is 640 g/mol. The van der Waals surface area contributed by atoms with Crippen LogP contribution in [-0.4, -0.2) is 55.2 Å². The van der Waals surface area contributed by atoms with Gasteiger partial charge in [0.1, 0.15) is 5.75 Å². The van der Waals surface area contributed by atoms with Crippen molar-refractivity contribution in [1.29, 1.82) is 0 Å². The zero-order valence-electron chi connectivity index (χ0n) is 31.4. The molecule has 0 radical (unpaired) electrons. The molecule has 0 aliphatic carbocycles. The first kappa shape index (κ1) is 41.2. The fourth-order valence-electron chi connectivity index (χ4n) is 5.99. The van der Waals surface area contributed by atoms with Crippen LogP contribution in [0.25, 0.3) is 22.3 Å². The number of hydrogen-bond donors (Lipinski definition) is 2. The van der Waals surface area contributed by atoms with Crippen LogP contribution in [0.1, 0.15) is 89.0 Å². The van der Waals surface area contributed by atoms with Gasteiger partial charge in [0.05, 0.1) is 33.0 Å². The Morgan fingerprint density at radius 2 is 1.24 bits per heavy atom. The third-order valence-electron chi connectivity index (χ3n) is 9.60. The van der Waals surface area contributed by atoms with Crippen molar-refractivity contribution >= 4 is 11.9 Å². The maximum absolute atomic E-state index is 12.3. The molecule has 0 bridgehead atoms. The Kier molecular flexibility index (Phi) is 16.7. The maximum Gasteiger partial charge on any atom is 0.333 e. The average molecular weight is 699 g/mol. The van der Waals surface area contributed by atoms with Gasteiger partial charge in [-0.15, -0.1) is 0 Å². The van der Waals surface area contributed by atoms with Gasteiger partial charge in [0.25, 0.3) is 0 Å². The first-order chi connectivity index (χ1) is 24.5. The van der Waals surface area contributed by atoms with E-state index >= 15 is 0 Å². The fourth-order valence-corrected chi connectivity index (χ4v) is 5.99. The van der Waals surface area contributed by atoms with Gasteiger partial charge in [0.15, 0.2) is 0 Å². The van der Waals surface area contributed by atoms with Gasteiger partial charge in [-0.05, 0) is 103 Å². The third-order valence-corrected chi connectivity index (χ3v) is 9.60. The number of esters is 2. The SMILES string of the molecule is C=C(C)C(=O)OCCc1cc(-c2ccc(-c3ccc(CCCCC)cc3)cc2CC)cc(CCOC(=O)C(=C)C)c1OCCC(CC)(CO)CO. The lowest BCUT2D eigenvalue weighted by molar-refractivity contribution is -0.139. The van der Waals surface area contributed by atoms with Gasteiger partial charge in [0, 0.05) is 29.4 Å². The zero-order valence-corrected chi connectivity index (χ0v) is 31.4. The van der Waals surface area contributed by atoms with Gasteiger partial charge in [0.2, 0.25) is 0 Å². The molecule has 0 atom stereocenters. The van der Waals surface area contributed by atoms with E-state index in [-0.39, 0.29) is 33.0 Å². The molecule has 2 N–H and O–H groups in total. The molecule has 0 heterocycles. The van der Waals surface area contributed by atoms with Crippen molar-refractivity contribution in [3.05, 3.63) is 101 Å². The minimum absolute atomic E-state index is 0.121. The average Bonchev–Trinajstić information content (AvgIpc) is 3.14. The van der Waals surface area contributed by atoms with Crippen molar-refractivity contribution in [2.75, 3.05) is 33.0 Å². The Morgan fingerprint density at radius 1 is 0.686 bits per heavy atom. The molecule has 7 nitrogen and oxygen atoms in total. The topological polar surface area (TPSA) is 102 Å². The lowest BCUT2D eigenvalue weighted by atomic mass is 9.84. The number of aliphatic hydroxyl groups is 2. The molecule has 0 saturated heterocycles. The predicted octanol–water partition coefficient (Wildman–Crippen LogP) is 8.79. The minimum atomic E-state index is -0.665. The summed E-state index contributed by atoms with van der Waals surface area (Å²) in [6.45, 7) is 17.1. The molecule has 0 saturated carbocycles. The van der Waals surface area contributed by atoms with E-state index in [0.29, 0.717) is 42.6 Å². The minimum Gasteiger partial charge on any atom is -0.493 e. The van der Waals surface area contributed by atoms with Crippen LogP contribution in [0.3, 0.4) is 0 Å². The molecule has 51 heavy (non-hydrogen) atoms. The van der Waals surface area contributed by atoms with Crippen molar-refractivity contribution in [2.45, 2.75) is 92.4 Å². The van der Waals surface area contributed by atoms with Crippen molar-refractivity contribution in [1.82, 2.24) is 0 Å². The molecule has 276 valence electrons. The van der Waals surface area contributed by atoms with Crippen molar-refractivity contribution in [2.24, 2.45) is 5.41 Å². The molecule has 7 heteroatoms. The highest BCUT2D eigenvalue weighted by atomic mass is 16.5. The number of ether oxygens (including phenoxy) is 3. The second-order valence-corrected chi connectivity index (χ2v) is 13.6. The molecule has 0 unspecified atom stereocenters. The summed E-state index contributed by atoms with van der Waals surface area (Å²) in [5, 5.41) is 20.1. The Labute approximate surface area is 305 Å². The van der Waals surface area contributed by atoms with E-state index in [1.807, 2.05) is 6.92 Å². The van der Waals surface area contributed by atoms with E-state index in [1.54, 1.807) is 13.8 Å². The van der Waals surface area contributed by atoms with Gasteiger partial charge in [-0.2, -0.15) is 0 Å². The highest BCUT2D eigenvalue weighted by molar-refractivity contribution is 5.87. The van der Waals surface area contributed by atoms with Gasteiger partial charge < -0.3 is 24.4 Å². The number of carbonyl (C=O) groups excluding carboxylic acids is 2. The van der Waals surface area contributed by atoms with Gasteiger partial charge >= 0.3 is 11.9 Å². The van der Waals surface area contributed by atoms with E-state index in [4.69, 9.17) is 14.2 Å². The largest absolute Gasteiger partial charge is 0.493 e. The summed E-state index contributed by atoms with van der Waals surface area (Å²) < 4.78 is 17.5. The molecule has 3 rings (SSSR count). The second kappa shape index (κ2) is 20.6. The lowest BCUT2D eigenvalue weighted by Crippen LogP contribution is -2.31. The van der Waals surface area contributed by atoms with E-state index in [0.717, 1.165) is 40.7 Å². The molecule has 0 amide bonds. The fraction of sp³-hybridized carbons (Fsp3) is 0.455. The number of aliphatic hydroxyl groups excluding tert-OH is 2. The monoisotopic (exact) mass is 698 g/mol. The van der Waals surface area contributed by atoms with Gasteiger partial charge in [-0.25, -0.2) is 9.59 Å². The molecule has 0 aliphatic rings. The van der Waals surface area contributed by atoms with Crippen LogP contribution >= 0.6 is 0 Å². The number of aryl methyl sites for hydroxylation is 2. The summed E-state index contributed by atoms with van der Waals surface area (Å²) in [6, 6.07) is 19.6. The van der Waals surface area contributed by atoms with Crippen LogP contribution in [0.15, 0.2) is 78.9 Å². The summed E-state index contributed by atoms with van der Waals surface area (Å²) in [5.41, 5.74) is 8.58. The lowest BCUT2D eigenvalue weighted by Gasteiger charge is -2.28. The van der Waals surface area contributed by atoms with Crippen LogP contribution in [0.4, 0.5) is 0 Å². The number of benzene rings is 3. The van der Waals surface area contributed by atoms with Crippen LogP contribution < -0.4 is 4.74 Å². The summed E-state index contributed by atoms with van der Waals surface area (Å²) >= 11 is 0. The summed E-state index contributed by atoms with van der Waals surface area (Å²) in [6.07, 6.45) is 7.36. The maximum atomic E-state index is 12.3. The molecule has 3 aromatic rings. The van der Waals surface area contributed by atoms with Crippen LogP contribution in [0.5, 0.6) is 5.75 Å². The quantitative estimate of drug-likeness (QED) is 0.0615. The van der Waals surface area contributed by atoms with Crippen molar-refractivity contribution < 1.29 is 34.0 Å². The third kappa shape index (κ3) is 11.9. The molecule has 0 spiro atoms. The smallest absolute Gasteiger partial charge is 0.333 e. The first-order valence-electron chi connectivity index (χ1n) is 18.4. The van der Waals surface area contributed by atoms with E-state index in [1.165, 1.54) is 36.0 Å². The summed E-state index contributed by atoms with van der Waals surface area (Å²) in [4.78, 5) is 24.5. The van der Waals surface area contributed by atoms with Gasteiger partial charge in [-0.3, -0.25) is 0 Å². The zero-order chi connectivity index (χ0) is 37.4. The summed E-state index contributed by atoms with van der Waals surface area (Å²) in [7, 11) is 0. The predicted molar refractivity (Wildman–Crippen MR) is 206 cm³/mol. The Morgan fingerprint density at radius 3 is 1.73 bits per heavy atom. The molecular formula is C44H58O7. The Balaban J connectivity index is 2.06. The standard InChI is InChI=1S/C44H58O7/c1-8-11-12-13-33-14-16-35(17-15-33)36-18-19-40(34(9-2)26-36)39-27-37(20-23-50-42(47)31(4)5)41(49-25-22-44(10-3,29-45)30-46)38(28-39)21-24-51-43(48)32(6)7/h14-19,26-28,45-46H,4,6,8-13,20-25,29-30H2,1-3,5,7H3. The van der Waals surface area contributed by atoms with Crippen molar-refractivity contribution in [3.63, 3.8) is 0 Å². The van der Waals surface area contributed by atoms with Crippen LogP contribution in [0.2, 0.25) is 0 Å². The highest BCUT2D eigenvalue weighted by Crippen LogP contribution is 2.36. The first-order valence-corrected chi connectivity index (χ1v) is 18.4. The number of unbranched alkanes of at least 4 members (excludes halogenated alkanes) is 2. The van der Waals surface area contributed by atoms with E-state index in [2.05, 4.69) is 81.6 Å². The van der Waals surface area contributed by atoms with Crippen LogP contribution in [-0.2, 0) is 44.7 Å². The van der Waals surface area contributed by atoms with Crippen molar-refractivity contribution in [3.8, 4) is 28.0 Å². The number of hydrogen-bond acceptors (Lipinski definition) is 7. The van der Waals surface area contributed by atoms with Crippen LogP contribution in [0, 0.1) is 5.41 Å². The van der Waals surface area contributed by atoms with E-state index in [9.17, 15) is 19.8 Å². The molecule has 0 aliphatic heterocycles. The number of carbonyl (C=O) groups is 2. The summed E-state index contributed by atoms with van der Waals surface area (Å²) in [5.74, 6) is -0.305. The highest BCUT2D eigenvalue weighted by Gasteiger charge is 2.27. The molecule has 0 fully saturated rings. The second-order valence-electron chi connectivity index (χ2n) is 13.6. The Bertz CT molecular complexity index is 1550. The Hall–Kier alpha value is -4.20. The molecule has 0 aromatic heterocycles. The normalized spacial score (nSPS) is 11.3.